The lowest BCUT2D eigenvalue weighted by Crippen LogP contribution is -2.51. The van der Waals surface area contributed by atoms with Crippen molar-refractivity contribution in [2.45, 2.75) is 71.5 Å². The van der Waals surface area contributed by atoms with Crippen LogP contribution in [0.2, 0.25) is 0 Å². The number of rotatable bonds is 5. The standard InChI is InChI=1S/C17H35N3/c1-14(2)13-19-9-5-16(6-10-19)18-17-7-11-20(12-8-17)15(3)4/h14-18H,5-13H2,1-4H3. The monoisotopic (exact) mass is 281 g/mol. The Morgan fingerprint density at radius 1 is 0.850 bits per heavy atom. The molecule has 118 valence electrons. The number of piperidine rings is 2. The van der Waals surface area contributed by atoms with Crippen molar-refractivity contribution in [1.29, 1.82) is 0 Å². The van der Waals surface area contributed by atoms with Crippen LogP contribution in [-0.2, 0) is 0 Å². The third-order valence-corrected chi connectivity index (χ3v) is 4.94. The molecule has 2 saturated heterocycles. The predicted molar refractivity (Wildman–Crippen MR) is 87.2 cm³/mol. The summed E-state index contributed by atoms with van der Waals surface area (Å²) in [4.78, 5) is 5.26. The molecule has 0 bridgehead atoms. The number of hydrogen-bond donors (Lipinski definition) is 1. The number of nitrogens with zero attached hydrogens (tertiary/aromatic N) is 2. The van der Waals surface area contributed by atoms with Crippen LogP contribution in [-0.4, -0.2) is 60.6 Å². The largest absolute Gasteiger partial charge is 0.311 e. The van der Waals surface area contributed by atoms with E-state index in [0.29, 0.717) is 0 Å². The Morgan fingerprint density at radius 2 is 1.35 bits per heavy atom. The van der Waals surface area contributed by atoms with Crippen LogP contribution < -0.4 is 5.32 Å². The second kappa shape index (κ2) is 7.77. The maximum Gasteiger partial charge on any atom is 0.00940 e. The van der Waals surface area contributed by atoms with Gasteiger partial charge in [0.15, 0.2) is 0 Å². The topological polar surface area (TPSA) is 18.5 Å². The van der Waals surface area contributed by atoms with Crippen molar-refractivity contribution in [3.8, 4) is 0 Å². The van der Waals surface area contributed by atoms with E-state index in [-0.39, 0.29) is 0 Å². The normalized spacial score (nSPS) is 24.9. The van der Waals surface area contributed by atoms with E-state index >= 15 is 0 Å². The van der Waals surface area contributed by atoms with Gasteiger partial charge >= 0.3 is 0 Å². The Labute approximate surface area is 126 Å². The molecule has 0 aromatic rings. The van der Waals surface area contributed by atoms with Crippen molar-refractivity contribution in [3.05, 3.63) is 0 Å². The van der Waals surface area contributed by atoms with Crippen molar-refractivity contribution in [1.82, 2.24) is 15.1 Å². The Bertz CT molecular complexity index is 261. The summed E-state index contributed by atoms with van der Waals surface area (Å²) >= 11 is 0. The first kappa shape index (κ1) is 16.3. The molecule has 0 amide bonds. The lowest BCUT2D eigenvalue weighted by molar-refractivity contribution is 0.136. The maximum atomic E-state index is 3.94. The minimum absolute atomic E-state index is 0.718. The summed E-state index contributed by atoms with van der Waals surface area (Å²) < 4.78 is 0. The summed E-state index contributed by atoms with van der Waals surface area (Å²) in [5.41, 5.74) is 0. The van der Waals surface area contributed by atoms with Gasteiger partial charge in [0.1, 0.15) is 0 Å². The molecule has 2 aliphatic rings. The fourth-order valence-corrected chi connectivity index (χ4v) is 3.71. The van der Waals surface area contributed by atoms with Crippen molar-refractivity contribution < 1.29 is 0 Å². The molecular formula is C17H35N3. The third-order valence-electron chi connectivity index (χ3n) is 4.94. The number of nitrogens with one attached hydrogen (secondary N) is 1. The molecule has 3 heteroatoms. The summed E-state index contributed by atoms with van der Waals surface area (Å²) in [7, 11) is 0. The maximum absolute atomic E-state index is 3.94. The van der Waals surface area contributed by atoms with Crippen molar-refractivity contribution in [3.63, 3.8) is 0 Å². The highest BCUT2D eigenvalue weighted by atomic mass is 15.2. The van der Waals surface area contributed by atoms with Crippen molar-refractivity contribution in [2.24, 2.45) is 5.92 Å². The minimum Gasteiger partial charge on any atom is -0.311 e. The van der Waals surface area contributed by atoms with Crippen LogP contribution in [0.5, 0.6) is 0 Å². The predicted octanol–water partition coefficient (Wildman–Crippen LogP) is 2.57. The number of hydrogen-bond acceptors (Lipinski definition) is 3. The summed E-state index contributed by atoms with van der Waals surface area (Å²) in [5.74, 6) is 0.805. The quantitative estimate of drug-likeness (QED) is 0.835. The SMILES string of the molecule is CC(C)CN1CCC(NC2CCN(C(C)C)CC2)CC1. The zero-order chi connectivity index (χ0) is 14.5. The van der Waals surface area contributed by atoms with Gasteiger partial charge < -0.3 is 15.1 Å². The Balaban J connectivity index is 1.64. The Hall–Kier alpha value is -0.120. The Kier molecular flexibility index (Phi) is 6.31. The van der Waals surface area contributed by atoms with Gasteiger partial charge in [0.2, 0.25) is 0 Å². The molecule has 1 N–H and O–H groups in total. The molecule has 0 spiro atoms. The molecule has 20 heavy (non-hydrogen) atoms. The fraction of sp³-hybridized carbons (Fsp3) is 1.00. The van der Waals surface area contributed by atoms with Crippen LogP contribution in [0.4, 0.5) is 0 Å². The molecule has 0 atom stereocenters. The molecule has 2 fully saturated rings. The van der Waals surface area contributed by atoms with Crippen LogP contribution in [0.25, 0.3) is 0 Å². The van der Waals surface area contributed by atoms with Gasteiger partial charge in [0.25, 0.3) is 0 Å². The molecule has 3 nitrogen and oxygen atoms in total. The third kappa shape index (κ3) is 5.01. The first-order valence-corrected chi connectivity index (χ1v) is 8.77. The fourth-order valence-electron chi connectivity index (χ4n) is 3.71. The first-order valence-electron chi connectivity index (χ1n) is 8.77. The average molecular weight is 281 g/mol. The van der Waals surface area contributed by atoms with E-state index in [9.17, 15) is 0 Å². The van der Waals surface area contributed by atoms with Gasteiger partial charge in [-0.25, -0.2) is 0 Å². The Morgan fingerprint density at radius 3 is 1.80 bits per heavy atom. The van der Waals surface area contributed by atoms with Crippen LogP contribution >= 0.6 is 0 Å². The molecule has 2 heterocycles. The summed E-state index contributed by atoms with van der Waals surface area (Å²) in [6.07, 6.45) is 5.36. The van der Waals surface area contributed by atoms with E-state index in [2.05, 4.69) is 42.8 Å². The van der Waals surface area contributed by atoms with E-state index < -0.39 is 0 Å². The van der Waals surface area contributed by atoms with Gasteiger partial charge in [-0.15, -0.1) is 0 Å². The molecule has 0 unspecified atom stereocenters. The lowest BCUT2D eigenvalue weighted by atomic mass is 9.98. The van der Waals surface area contributed by atoms with Crippen LogP contribution in [0.15, 0.2) is 0 Å². The molecule has 0 saturated carbocycles. The smallest absolute Gasteiger partial charge is 0.00940 e. The lowest BCUT2D eigenvalue weighted by Gasteiger charge is -2.39. The van der Waals surface area contributed by atoms with Gasteiger partial charge in [0, 0.05) is 24.7 Å². The molecular weight excluding hydrogens is 246 g/mol. The van der Waals surface area contributed by atoms with Gasteiger partial charge in [0.05, 0.1) is 0 Å². The summed E-state index contributed by atoms with van der Waals surface area (Å²) in [6.45, 7) is 15.7. The van der Waals surface area contributed by atoms with E-state index in [0.717, 1.165) is 24.0 Å². The molecule has 0 aromatic heterocycles. The highest BCUT2D eigenvalue weighted by Crippen LogP contribution is 2.17. The van der Waals surface area contributed by atoms with Gasteiger partial charge in [-0.3, -0.25) is 0 Å². The zero-order valence-electron chi connectivity index (χ0n) is 14.1. The van der Waals surface area contributed by atoms with E-state index in [1.165, 1.54) is 58.4 Å². The van der Waals surface area contributed by atoms with Gasteiger partial charge in [-0.1, -0.05) is 13.8 Å². The van der Waals surface area contributed by atoms with Crippen molar-refractivity contribution >= 4 is 0 Å². The zero-order valence-corrected chi connectivity index (χ0v) is 14.1. The van der Waals surface area contributed by atoms with Crippen molar-refractivity contribution in [2.75, 3.05) is 32.7 Å². The van der Waals surface area contributed by atoms with Gasteiger partial charge in [-0.2, -0.15) is 0 Å². The second-order valence-corrected chi connectivity index (χ2v) is 7.54. The van der Waals surface area contributed by atoms with Crippen LogP contribution in [0.3, 0.4) is 0 Å². The molecule has 2 aliphatic heterocycles. The van der Waals surface area contributed by atoms with Crippen LogP contribution in [0, 0.1) is 5.92 Å². The minimum atomic E-state index is 0.718. The summed E-state index contributed by atoms with van der Waals surface area (Å²) in [6, 6.07) is 2.26. The summed E-state index contributed by atoms with van der Waals surface area (Å²) in [5, 5.41) is 3.94. The molecule has 0 radical (unpaired) electrons. The molecule has 0 aromatic carbocycles. The highest BCUT2D eigenvalue weighted by molar-refractivity contribution is 4.84. The molecule has 2 rings (SSSR count). The van der Waals surface area contributed by atoms with E-state index in [4.69, 9.17) is 0 Å². The molecule has 0 aliphatic carbocycles. The van der Waals surface area contributed by atoms with Gasteiger partial charge in [-0.05, 0) is 71.6 Å². The first-order chi connectivity index (χ1) is 9.54. The van der Waals surface area contributed by atoms with E-state index in [1.54, 1.807) is 0 Å². The number of likely N-dealkylation sites (tertiary alicyclic amines) is 2. The second-order valence-electron chi connectivity index (χ2n) is 7.54. The van der Waals surface area contributed by atoms with Crippen LogP contribution in [0.1, 0.15) is 53.4 Å². The van der Waals surface area contributed by atoms with E-state index in [1.807, 2.05) is 0 Å². The highest BCUT2D eigenvalue weighted by Gasteiger charge is 2.25. The average Bonchev–Trinajstić information content (AvgIpc) is 2.41.